The Balaban J connectivity index is 2.10. The Hall–Kier alpha value is -1.33. The first kappa shape index (κ1) is 11.7. The number of rotatable bonds is 2. The molecule has 5 heteroatoms. The second-order valence-corrected chi connectivity index (χ2v) is 5.50. The molecule has 4 nitrogen and oxygen atoms in total. The molecule has 3 rings (SSSR count). The van der Waals surface area contributed by atoms with E-state index in [1.807, 2.05) is 12.1 Å². The lowest BCUT2D eigenvalue weighted by Gasteiger charge is -2.24. The van der Waals surface area contributed by atoms with Crippen molar-refractivity contribution in [1.29, 1.82) is 0 Å². The molecule has 0 unspecified atom stereocenters. The minimum Gasteiger partial charge on any atom is -0.496 e. The molecule has 2 aromatic rings. The normalized spacial score (nSPS) is 17.2. The summed E-state index contributed by atoms with van der Waals surface area (Å²) in [5.74, 6) is 1.35. The molecule has 1 aromatic carbocycles. The van der Waals surface area contributed by atoms with E-state index in [1.165, 1.54) is 0 Å². The van der Waals surface area contributed by atoms with Gasteiger partial charge >= 0.3 is 4.94 Å². The Morgan fingerprint density at radius 3 is 2.89 bits per heavy atom. The molecule has 0 atom stereocenters. The number of piperidine rings is 1. The van der Waals surface area contributed by atoms with Crippen molar-refractivity contribution in [2.45, 2.75) is 18.8 Å². The predicted molar refractivity (Wildman–Crippen MR) is 71.8 cm³/mol. The zero-order valence-electron chi connectivity index (χ0n) is 10.2. The molecule has 0 spiro atoms. The van der Waals surface area contributed by atoms with Gasteiger partial charge in [0.2, 0.25) is 0 Å². The summed E-state index contributed by atoms with van der Waals surface area (Å²) >= 11 is 1.12. The van der Waals surface area contributed by atoms with Gasteiger partial charge in [0.1, 0.15) is 11.3 Å². The van der Waals surface area contributed by atoms with E-state index in [0.29, 0.717) is 11.5 Å². The number of ether oxygens (including phenoxy) is 1. The van der Waals surface area contributed by atoms with E-state index >= 15 is 0 Å². The van der Waals surface area contributed by atoms with Crippen LogP contribution in [0.1, 0.15) is 24.3 Å². The maximum Gasteiger partial charge on any atom is 0.396 e. The number of fused-ring (bicyclic) bond motifs is 1. The van der Waals surface area contributed by atoms with E-state index in [-0.39, 0.29) is 4.94 Å². The molecule has 2 heterocycles. The molecule has 1 saturated heterocycles. The van der Waals surface area contributed by atoms with Gasteiger partial charge < -0.3 is 14.5 Å². The standard InChI is InChI=1S/C13H15NO3S/c1-16-10-7-12-11(17-13(15)18-12)6-9(10)8-2-4-14-5-3-8/h6-8,14H,2-5H2,1H3. The quantitative estimate of drug-likeness (QED) is 0.905. The third-order valence-electron chi connectivity index (χ3n) is 3.46. The summed E-state index contributed by atoms with van der Waals surface area (Å²) in [4.78, 5) is 11.0. The maximum absolute atomic E-state index is 11.3. The fourth-order valence-corrected chi connectivity index (χ4v) is 3.22. The van der Waals surface area contributed by atoms with Crippen molar-refractivity contribution in [3.8, 4) is 5.75 Å². The van der Waals surface area contributed by atoms with Crippen LogP contribution in [0.15, 0.2) is 21.3 Å². The summed E-state index contributed by atoms with van der Waals surface area (Å²) in [5.41, 5.74) is 1.84. The van der Waals surface area contributed by atoms with Gasteiger partial charge in [-0.25, -0.2) is 4.79 Å². The van der Waals surface area contributed by atoms with E-state index in [1.54, 1.807) is 7.11 Å². The first-order valence-electron chi connectivity index (χ1n) is 6.10. The maximum atomic E-state index is 11.3. The Bertz CT molecular complexity index is 610. The van der Waals surface area contributed by atoms with Crippen molar-refractivity contribution >= 4 is 21.6 Å². The predicted octanol–water partition coefficient (Wildman–Crippen LogP) is 2.33. The molecule has 18 heavy (non-hydrogen) atoms. The van der Waals surface area contributed by atoms with E-state index in [4.69, 9.17) is 9.15 Å². The molecule has 1 fully saturated rings. The molecule has 96 valence electrons. The highest BCUT2D eigenvalue weighted by Crippen LogP contribution is 2.36. The molecule has 1 aromatic heterocycles. The van der Waals surface area contributed by atoms with Crippen molar-refractivity contribution in [3.63, 3.8) is 0 Å². The zero-order valence-corrected chi connectivity index (χ0v) is 11.0. The highest BCUT2D eigenvalue weighted by molar-refractivity contribution is 7.16. The summed E-state index contributed by atoms with van der Waals surface area (Å²) in [7, 11) is 1.68. The van der Waals surface area contributed by atoms with Crippen LogP contribution in [0.4, 0.5) is 0 Å². The van der Waals surface area contributed by atoms with Crippen LogP contribution in [-0.2, 0) is 0 Å². The largest absolute Gasteiger partial charge is 0.496 e. The van der Waals surface area contributed by atoms with E-state index in [2.05, 4.69) is 5.32 Å². The summed E-state index contributed by atoms with van der Waals surface area (Å²) in [6.45, 7) is 2.05. The molecule has 1 aliphatic heterocycles. The van der Waals surface area contributed by atoms with Gasteiger partial charge in [0.15, 0.2) is 0 Å². The van der Waals surface area contributed by atoms with Crippen LogP contribution in [0, 0.1) is 0 Å². The molecule has 0 bridgehead atoms. The average molecular weight is 265 g/mol. The highest BCUT2D eigenvalue weighted by atomic mass is 32.1. The lowest BCUT2D eigenvalue weighted by Crippen LogP contribution is -2.26. The first-order valence-corrected chi connectivity index (χ1v) is 6.92. The van der Waals surface area contributed by atoms with Crippen molar-refractivity contribution in [2.24, 2.45) is 0 Å². The fraction of sp³-hybridized carbons (Fsp3) is 0.462. The molecule has 1 aliphatic rings. The average Bonchev–Trinajstić information content (AvgIpc) is 2.77. The van der Waals surface area contributed by atoms with E-state index in [0.717, 1.165) is 53.3 Å². The molecule has 0 saturated carbocycles. The SMILES string of the molecule is COc1cc2sc(=O)oc2cc1C1CCNCC1. The lowest BCUT2D eigenvalue weighted by molar-refractivity contribution is 0.392. The Morgan fingerprint density at radius 1 is 1.39 bits per heavy atom. The van der Waals surface area contributed by atoms with E-state index in [9.17, 15) is 4.79 Å². The van der Waals surface area contributed by atoms with Gasteiger partial charge in [-0.1, -0.05) is 11.3 Å². The van der Waals surface area contributed by atoms with Crippen molar-refractivity contribution in [1.82, 2.24) is 5.32 Å². The number of nitrogens with one attached hydrogen (secondary N) is 1. The van der Waals surface area contributed by atoms with Crippen LogP contribution in [0.25, 0.3) is 10.3 Å². The number of hydrogen-bond acceptors (Lipinski definition) is 5. The first-order chi connectivity index (χ1) is 8.78. The fourth-order valence-electron chi connectivity index (χ4n) is 2.55. The van der Waals surface area contributed by atoms with Crippen LogP contribution in [0.5, 0.6) is 5.75 Å². The third-order valence-corrected chi connectivity index (χ3v) is 4.25. The topological polar surface area (TPSA) is 51.5 Å². The Labute approximate surface area is 109 Å². The second-order valence-electron chi connectivity index (χ2n) is 4.52. The van der Waals surface area contributed by atoms with Crippen LogP contribution < -0.4 is 15.0 Å². The molecular formula is C13H15NO3S. The smallest absolute Gasteiger partial charge is 0.396 e. The van der Waals surface area contributed by atoms with Crippen molar-refractivity contribution in [3.05, 3.63) is 27.4 Å². The Morgan fingerprint density at radius 2 is 2.17 bits per heavy atom. The van der Waals surface area contributed by atoms with Crippen LogP contribution >= 0.6 is 11.3 Å². The molecule has 0 amide bonds. The van der Waals surface area contributed by atoms with Crippen LogP contribution in [-0.4, -0.2) is 20.2 Å². The van der Waals surface area contributed by atoms with Crippen molar-refractivity contribution < 1.29 is 9.15 Å². The van der Waals surface area contributed by atoms with Gasteiger partial charge in [-0.15, -0.1) is 0 Å². The molecular weight excluding hydrogens is 250 g/mol. The monoisotopic (exact) mass is 265 g/mol. The van der Waals surface area contributed by atoms with Gasteiger partial charge in [0.25, 0.3) is 0 Å². The lowest BCUT2D eigenvalue weighted by atomic mass is 9.89. The number of benzene rings is 1. The molecule has 1 N–H and O–H groups in total. The van der Waals surface area contributed by atoms with Crippen LogP contribution in [0.2, 0.25) is 0 Å². The molecule has 0 radical (unpaired) electrons. The number of hydrogen-bond donors (Lipinski definition) is 1. The minimum atomic E-state index is -0.255. The Kier molecular flexibility index (Phi) is 3.09. The van der Waals surface area contributed by atoms with Gasteiger partial charge in [-0.05, 0) is 37.9 Å². The van der Waals surface area contributed by atoms with Gasteiger partial charge in [-0.2, -0.15) is 0 Å². The van der Waals surface area contributed by atoms with Crippen LogP contribution in [0.3, 0.4) is 0 Å². The second kappa shape index (κ2) is 4.74. The number of methoxy groups -OCH3 is 1. The van der Waals surface area contributed by atoms with Gasteiger partial charge in [0, 0.05) is 11.6 Å². The van der Waals surface area contributed by atoms with Crippen molar-refractivity contribution in [2.75, 3.05) is 20.2 Å². The summed E-state index contributed by atoms with van der Waals surface area (Å²) in [5, 5.41) is 3.35. The summed E-state index contributed by atoms with van der Waals surface area (Å²) < 4.78 is 11.5. The third kappa shape index (κ3) is 2.04. The summed E-state index contributed by atoms with van der Waals surface area (Å²) in [6, 6.07) is 3.89. The minimum absolute atomic E-state index is 0.255. The van der Waals surface area contributed by atoms with Gasteiger partial charge in [-0.3, -0.25) is 0 Å². The summed E-state index contributed by atoms with van der Waals surface area (Å²) in [6.07, 6.45) is 2.19. The zero-order chi connectivity index (χ0) is 12.5. The van der Waals surface area contributed by atoms with Gasteiger partial charge in [0.05, 0.1) is 11.8 Å². The highest BCUT2D eigenvalue weighted by Gasteiger charge is 2.20. The molecule has 0 aliphatic carbocycles. The van der Waals surface area contributed by atoms with E-state index < -0.39 is 0 Å².